The molecule has 0 aromatic carbocycles. The van der Waals surface area contributed by atoms with Gasteiger partial charge < -0.3 is 16.0 Å². The van der Waals surface area contributed by atoms with Crippen LogP contribution in [0.15, 0.2) is 5.16 Å². The molecule has 3 atom stereocenters. The predicted octanol–water partition coefficient (Wildman–Crippen LogP) is 0.214. The van der Waals surface area contributed by atoms with Crippen molar-refractivity contribution in [3.05, 3.63) is 0 Å². The van der Waals surface area contributed by atoms with Crippen LogP contribution >= 0.6 is 0 Å². The Hall–Kier alpha value is -0.810. The van der Waals surface area contributed by atoms with E-state index in [1.165, 1.54) is 0 Å². The maximum Gasteiger partial charge on any atom is 0.156 e. The van der Waals surface area contributed by atoms with Gasteiger partial charge in [0, 0.05) is 6.04 Å². The zero-order valence-electron chi connectivity index (χ0n) is 9.43. The summed E-state index contributed by atoms with van der Waals surface area (Å²) in [6.45, 7) is 5.16. The van der Waals surface area contributed by atoms with Gasteiger partial charge in [0.25, 0.3) is 0 Å². The highest BCUT2D eigenvalue weighted by Crippen LogP contribution is 2.26. The van der Waals surface area contributed by atoms with E-state index >= 15 is 0 Å². The van der Waals surface area contributed by atoms with Gasteiger partial charge in [-0.05, 0) is 25.3 Å². The average molecular weight is 215 g/mol. The Labute approximate surface area is 90.6 Å². The van der Waals surface area contributed by atoms with Crippen LogP contribution in [0.25, 0.3) is 0 Å². The number of aliphatic hydroxyl groups excluding tert-OH is 1. The molecule has 0 spiro atoms. The fourth-order valence-electron chi connectivity index (χ4n) is 2.39. The van der Waals surface area contributed by atoms with Gasteiger partial charge in [0.2, 0.25) is 0 Å². The molecule has 3 unspecified atom stereocenters. The van der Waals surface area contributed by atoms with Crippen molar-refractivity contribution in [2.24, 2.45) is 16.8 Å². The average Bonchev–Trinajstić information content (AvgIpc) is 2.60. The Kier molecular flexibility index (Phi) is 4.35. The number of aliphatic hydroxyl groups is 1. The molecule has 1 aliphatic rings. The molecule has 15 heavy (non-hydrogen) atoms. The van der Waals surface area contributed by atoms with E-state index in [0.29, 0.717) is 5.92 Å². The minimum atomic E-state index is -0.0582. The molecule has 0 radical (unpaired) electrons. The van der Waals surface area contributed by atoms with E-state index < -0.39 is 0 Å². The Balaban J connectivity index is 2.76. The summed E-state index contributed by atoms with van der Waals surface area (Å²) in [6.07, 6.45) is 1.85. The van der Waals surface area contributed by atoms with Crippen LogP contribution in [0, 0.1) is 5.92 Å². The molecular formula is C10H21N3O2. The van der Waals surface area contributed by atoms with Gasteiger partial charge in [0.1, 0.15) is 0 Å². The summed E-state index contributed by atoms with van der Waals surface area (Å²) in [7, 11) is 0. The smallest absolute Gasteiger partial charge is 0.156 e. The molecule has 1 fully saturated rings. The van der Waals surface area contributed by atoms with Crippen LogP contribution in [0.3, 0.4) is 0 Å². The van der Waals surface area contributed by atoms with Crippen LogP contribution in [0.2, 0.25) is 0 Å². The number of hydrogen-bond donors (Lipinski definition) is 3. The van der Waals surface area contributed by atoms with Crippen molar-refractivity contribution in [2.45, 2.75) is 38.8 Å². The monoisotopic (exact) mass is 215 g/mol. The quantitative estimate of drug-likeness (QED) is 0.271. The van der Waals surface area contributed by atoms with E-state index in [1.54, 1.807) is 0 Å². The Bertz CT molecular complexity index is 233. The standard InChI is InChI=1S/C10H21N3O2/c1-3-8(10(11)12-15)13-5-4-7(2)9(13)6-14/h7-9,14-15H,3-6H2,1-2H3,(H2,11,12). The molecule has 5 nitrogen and oxygen atoms in total. The normalized spacial score (nSPS) is 30.7. The zero-order chi connectivity index (χ0) is 11.4. The summed E-state index contributed by atoms with van der Waals surface area (Å²) < 4.78 is 0. The van der Waals surface area contributed by atoms with Crippen LogP contribution in [0.1, 0.15) is 26.7 Å². The minimum Gasteiger partial charge on any atom is -0.409 e. The molecule has 1 heterocycles. The van der Waals surface area contributed by atoms with Crippen molar-refractivity contribution in [1.29, 1.82) is 0 Å². The molecule has 5 heteroatoms. The number of nitrogens with zero attached hydrogens (tertiary/aromatic N) is 2. The van der Waals surface area contributed by atoms with E-state index in [1.807, 2.05) is 6.92 Å². The van der Waals surface area contributed by atoms with Gasteiger partial charge in [-0.25, -0.2) is 0 Å². The van der Waals surface area contributed by atoms with Gasteiger partial charge >= 0.3 is 0 Å². The number of likely N-dealkylation sites (tertiary alicyclic amines) is 1. The molecule has 1 rings (SSSR count). The SMILES string of the molecule is CCC(C(N)=NO)N1CCC(C)C1CO. The van der Waals surface area contributed by atoms with E-state index in [-0.39, 0.29) is 24.5 Å². The molecule has 88 valence electrons. The first-order valence-electron chi connectivity index (χ1n) is 5.49. The highest BCUT2D eigenvalue weighted by atomic mass is 16.4. The lowest BCUT2D eigenvalue weighted by atomic mass is 10.0. The number of hydrogen-bond acceptors (Lipinski definition) is 4. The highest BCUT2D eigenvalue weighted by molar-refractivity contribution is 5.85. The summed E-state index contributed by atoms with van der Waals surface area (Å²) in [5, 5.41) is 21.1. The molecule has 1 saturated heterocycles. The second-order valence-corrected chi connectivity index (χ2v) is 4.20. The molecule has 0 bridgehead atoms. The topological polar surface area (TPSA) is 82.1 Å². The molecule has 0 aromatic rings. The number of amidine groups is 1. The predicted molar refractivity (Wildman–Crippen MR) is 58.8 cm³/mol. The van der Waals surface area contributed by atoms with Gasteiger partial charge in [-0.15, -0.1) is 0 Å². The fraction of sp³-hybridized carbons (Fsp3) is 0.900. The summed E-state index contributed by atoms with van der Waals surface area (Å²) in [5.74, 6) is 0.709. The Morgan fingerprint density at radius 3 is 2.80 bits per heavy atom. The zero-order valence-corrected chi connectivity index (χ0v) is 9.43. The van der Waals surface area contributed by atoms with Crippen LogP contribution in [-0.4, -0.2) is 46.3 Å². The molecule has 0 aliphatic carbocycles. The van der Waals surface area contributed by atoms with Gasteiger partial charge in [-0.3, -0.25) is 4.90 Å². The Morgan fingerprint density at radius 1 is 1.67 bits per heavy atom. The van der Waals surface area contributed by atoms with Crippen LogP contribution < -0.4 is 5.73 Å². The van der Waals surface area contributed by atoms with Crippen molar-refractivity contribution in [3.63, 3.8) is 0 Å². The van der Waals surface area contributed by atoms with Crippen molar-refractivity contribution < 1.29 is 10.3 Å². The first-order valence-corrected chi connectivity index (χ1v) is 5.49. The van der Waals surface area contributed by atoms with Gasteiger partial charge in [0.05, 0.1) is 12.6 Å². The van der Waals surface area contributed by atoms with Crippen molar-refractivity contribution >= 4 is 5.84 Å². The number of nitrogens with two attached hydrogens (primary N) is 1. The second-order valence-electron chi connectivity index (χ2n) is 4.20. The maximum atomic E-state index is 9.32. The van der Waals surface area contributed by atoms with Gasteiger partial charge in [-0.1, -0.05) is 19.0 Å². The van der Waals surface area contributed by atoms with Gasteiger partial charge in [0.15, 0.2) is 5.84 Å². The summed E-state index contributed by atoms with van der Waals surface area (Å²) in [5.41, 5.74) is 5.65. The molecule has 0 amide bonds. The lowest BCUT2D eigenvalue weighted by Gasteiger charge is -2.31. The van der Waals surface area contributed by atoms with Crippen molar-refractivity contribution in [3.8, 4) is 0 Å². The van der Waals surface area contributed by atoms with Crippen LogP contribution in [-0.2, 0) is 0 Å². The van der Waals surface area contributed by atoms with E-state index in [9.17, 15) is 5.11 Å². The summed E-state index contributed by atoms with van der Waals surface area (Å²) in [4.78, 5) is 2.14. The largest absolute Gasteiger partial charge is 0.409 e. The number of oxime groups is 1. The maximum absolute atomic E-state index is 9.32. The fourth-order valence-corrected chi connectivity index (χ4v) is 2.39. The molecule has 4 N–H and O–H groups in total. The van der Waals surface area contributed by atoms with Crippen molar-refractivity contribution in [2.75, 3.05) is 13.2 Å². The molecule has 0 saturated carbocycles. The number of rotatable bonds is 4. The van der Waals surface area contributed by atoms with Crippen molar-refractivity contribution in [1.82, 2.24) is 4.90 Å². The first kappa shape index (κ1) is 12.3. The van der Waals surface area contributed by atoms with Gasteiger partial charge in [-0.2, -0.15) is 0 Å². The molecule has 1 aliphatic heterocycles. The third-order valence-corrected chi connectivity index (χ3v) is 3.36. The lowest BCUT2D eigenvalue weighted by Crippen LogP contribution is -2.49. The third kappa shape index (κ3) is 2.41. The summed E-state index contributed by atoms with van der Waals surface area (Å²) >= 11 is 0. The van der Waals surface area contributed by atoms with E-state index in [0.717, 1.165) is 19.4 Å². The molecule has 0 aromatic heterocycles. The van der Waals surface area contributed by atoms with E-state index in [4.69, 9.17) is 10.9 Å². The minimum absolute atomic E-state index is 0.0582. The van der Waals surface area contributed by atoms with Crippen LogP contribution in [0.5, 0.6) is 0 Å². The first-order chi connectivity index (χ1) is 7.15. The van der Waals surface area contributed by atoms with E-state index in [2.05, 4.69) is 17.0 Å². The Morgan fingerprint density at radius 2 is 2.33 bits per heavy atom. The lowest BCUT2D eigenvalue weighted by molar-refractivity contribution is 0.121. The molecular weight excluding hydrogens is 194 g/mol. The van der Waals surface area contributed by atoms with Crippen LogP contribution in [0.4, 0.5) is 0 Å². The highest BCUT2D eigenvalue weighted by Gasteiger charge is 2.36. The summed E-state index contributed by atoms with van der Waals surface area (Å²) in [6, 6.07) is 0.0762. The second kappa shape index (κ2) is 5.32. The third-order valence-electron chi connectivity index (χ3n) is 3.36.